The largest absolute Gasteiger partial charge is 0.457 e. The van der Waals surface area contributed by atoms with Crippen molar-refractivity contribution in [2.75, 3.05) is 6.54 Å². The Labute approximate surface area is 222 Å². The first kappa shape index (κ1) is 27.3. The molecule has 1 fully saturated rings. The second-order valence-electron chi connectivity index (χ2n) is 10.2. The van der Waals surface area contributed by atoms with Crippen molar-refractivity contribution in [3.8, 4) is 0 Å². The van der Waals surface area contributed by atoms with Gasteiger partial charge in [0.25, 0.3) is 5.91 Å². The number of amides is 3. The van der Waals surface area contributed by atoms with Gasteiger partial charge >= 0.3 is 5.97 Å². The van der Waals surface area contributed by atoms with Crippen molar-refractivity contribution < 1.29 is 23.9 Å². The molecule has 1 aromatic heterocycles. The lowest BCUT2D eigenvalue weighted by molar-refractivity contribution is -0.157. The summed E-state index contributed by atoms with van der Waals surface area (Å²) in [6.45, 7) is 7.42. The van der Waals surface area contributed by atoms with Crippen LogP contribution in [0.5, 0.6) is 0 Å². The number of carbonyl (C=O) groups is 4. The van der Waals surface area contributed by atoms with Gasteiger partial charge in [-0.05, 0) is 56.4 Å². The highest BCUT2D eigenvalue weighted by molar-refractivity contribution is 5.92. The molecule has 3 amide bonds. The molecule has 1 unspecified atom stereocenters. The lowest BCUT2D eigenvalue weighted by atomic mass is 10.0. The first-order valence-electron chi connectivity index (χ1n) is 13.1. The molecule has 10 heteroatoms. The summed E-state index contributed by atoms with van der Waals surface area (Å²) in [5.74, 6) is -1.77. The molecular formula is C28H35N5O5. The highest BCUT2D eigenvalue weighted by atomic mass is 16.5. The predicted molar refractivity (Wildman–Crippen MR) is 142 cm³/mol. The van der Waals surface area contributed by atoms with E-state index in [1.54, 1.807) is 26.1 Å². The Hall–Kier alpha value is -3.79. The van der Waals surface area contributed by atoms with Crippen LogP contribution in [-0.4, -0.2) is 58.4 Å². The van der Waals surface area contributed by atoms with Crippen molar-refractivity contribution in [1.82, 2.24) is 26.1 Å². The van der Waals surface area contributed by atoms with E-state index in [2.05, 4.69) is 21.0 Å². The first-order chi connectivity index (χ1) is 18.1. The summed E-state index contributed by atoms with van der Waals surface area (Å²) >= 11 is 0. The van der Waals surface area contributed by atoms with Crippen molar-refractivity contribution >= 4 is 40.7 Å². The minimum absolute atomic E-state index is 0.0907. The predicted octanol–water partition coefficient (Wildman–Crippen LogP) is 2.40. The Bertz CT molecular complexity index is 1260. The van der Waals surface area contributed by atoms with E-state index in [4.69, 9.17) is 4.74 Å². The molecular weight excluding hydrogens is 486 g/mol. The monoisotopic (exact) mass is 521 g/mol. The summed E-state index contributed by atoms with van der Waals surface area (Å²) in [4.78, 5) is 56.2. The summed E-state index contributed by atoms with van der Waals surface area (Å²) in [5, 5.41) is 7.74. The van der Waals surface area contributed by atoms with Crippen LogP contribution < -0.4 is 16.1 Å². The zero-order valence-corrected chi connectivity index (χ0v) is 22.2. The van der Waals surface area contributed by atoms with Gasteiger partial charge in [-0.3, -0.25) is 29.2 Å². The quantitative estimate of drug-likeness (QED) is 0.492. The Morgan fingerprint density at radius 3 is 2.63 bits per heavy atom. The van der Waals surface area contributed by atoms with Crippen LogP contribution in [0.4, 0.5) is 0 Å². The number of rotatable bonds is 1. The SMILES string of the molecule is CC1OC(=O)[C@@H]2CCCN(N2)C(=O)[C@H](C)NC(=O)[C@H](C(C)C)NC(=O)C/C=C/c2ccc3ncc1cc3c2. The number of nitrogens with zero attached hydrogens (tertiary/aromatic N) is 2. The molecule has 5 bridgehead atoms. The number of benzene rings is 1. The van der Waals surface area contributed by atoms with Crippen molar-refractivity contribution in [3.05, 3.63) is 47.7 Å². The fourth-order valence-electron chi connectivity index (χ4n) is 4.60. The van der Waals surface area contributed by atoms with Crippen LogP contribution in [-0.2, 0) is 23.9 Å². The van der Waals surface area contributed by atoms with E-state index in [1.807, 2.05) is 44.2 Å². The number of pyridine rings is 1. The topological polar surface area (TPSA) is 130 Å². The molecule has 4 atom stereocenters. The van der Waals surface area contributed by atoms with Gasteiger partial charge in [0, 0.05) is 30.1 Å². The molecule has 4 rings (SSSR count). The number of ether oxygens (including phenoxy) is 1. The third-order valence-corrected chi connectivity index (χ3v) is 6.83. The van der Waals surface area contributed by atoms with Crippen LogP contribution in [0.3, 0.4) is 0 Å². The lowest BCUT2D eigenvalue weighted by Gasteiger charge is -2.35. The number of esters is 1. The molecule has 0 aliphatic carbocycles. The van der Waals surface area contributed by atoms with E-state index in [-0.39, 0.29) is 24.2 Å². The van der Waals surface area contributed by atoms with Gasteiger partial charge < -0.3 is 15.4 Å². The van der Waals surface area contributed by atoms with E-state index >= 15 is 0 Å². The molecule has 3 heterocycles. The Balaban J connectivity index is 1.64. The second kappa shape index (κ2) is 11.7. The molecule has 202 valence electrons. The smallest absolute Gasteiger partial charge is 0.325 e. The summed E-state index contributed by atoms with van der Waals surface area (Å²) in [6.07, 6.45) is 5.93. The average molecular weight is 522 g/mol. The van der Waals surface area contributed by atoms with Crippen molar-refractivity contribution in [1.29, 1.82) is 0 Å². The summed E-state index contributed by atoms with van der Waals surface area (Å²) < 4.78 is 5.74. The molecule has 1 aromatic carbocycles. The van der Waals surface area contributed by atoms with Gasteiger partial charge in [-0.25, -0.2) is 5.43 Å². The molecule has 0 spiro atoms. The number of carbonyl (C=O) groups excluding carboxylic acids is 4. The molecule has 2 aromatic rings. The molecule has 0 radical (unpaired) electrons. The van der Waals surface area contributed by atoms with Crippen LogP contribution in [0.2, 0.25) is 0 Å². The molecule has 2 aliphatic heterocycles. The molecule has 0 saturated carbocycles. The number of hydrazine groups is 1. The van der Waals surface area contributed by atoms with E-state index in [1.165, 1.54) is 5.01 Å². The maximum absolute atomic E-state index is 13.1. The minimum atomic E-state index is -0.861. The third-order valence-electron chi connectivity index (χ3n) is 6.83. The number of fused-ring (bicyclic) bond motifs is 4. The van der Waals surface area contributed by atoms with Gasteiger partial charge in [0.2, 0.25) is 11.8 Å². The lowest BCUT2D eigenvalue weighted by Crippen LogP contribution is -2.61. The van der Waals surface area contributed by atoms with Crippen LogP contribution in [0.25, 0.3) is 17.0 Å². The van der Waals surface area contributed by atoms with Gasteiger partial charge in [0.05, 0.1) is 5.52 Å². The summed E-state index contributed by atoms with van der Waals surface area (Å²) in [6, 6.07) is 5.33. The zero-order valence-electron chi connectivity index (χ0n) is 22.2. The number of hydrogen-bond donors (Lipinski definition) is 3. The van der Waals surface area contributed by atoms with Gasteiger partial charge in [-0.15, -0.1) is 0 Å². The fraction of sp³-hybridized carbons (Fsp3) is 0.464. The second-order valence-corrected chi connectivity index (χ2v) is 10.2. The van der Waals surface area contributed by atoms with E-state index in [9.17, 15) is 19.2 Å². The summed E-state index contributed by atoms with van der Waals surface area (Å²) in [5.41, 5.74) is 5.40. The minimum Gasteiger partial charge on any atom is -0.457 e. The van der Waals surface area contributed by atoms with Gasteiger partial charge in [0.15, 0.2) is 0 Å². The van der Waals surface area contributed by atoms with E-state index in [0.717, 1.165) is 22.0 Å². The van der Waals surface area contributed by atoms with Crippen LogP contribution >= 0.6 is 0 Å². The molecule has 10 nitrogen and oxygen atoms in total. The van der Waals surface area contributed by atoms with Gasteiger partial charge in [0.1, 0.15) is 24.2 Å². The third kappa shape index (κ3) is 6.36. The molecule has 2 aliphatic rings. The maximum Gasteiger partial charge on any atom is 0.325 e. The van der Waals surface area contributed by atoms with Crippen molar-refractivity contribution in [2.24, 2.45) is 5.92 Å². The van der Waals surface area contributed by atoms with Crippen LogP contribution in [0, 0.1) is 5.92 Å². The molecule has 38 heavy (non-hydrogen) atoms. The van der Waals surface area contributed by atoms with Crippen molar-refractivity contribution in [3.63, 3.8) is 0 Å². The van der Waals surface area contributed by atoms with E-state index < -0.39 is 36.1 Å². The fourth-order valence-corrected chi connectivity index (χ4v) is 4.60. The molecule has 1 saturated heterocycles. The highest BCUT2D eigenvalue weighted by Gasteiger charge is 2.33. The Kier molecular flexibility index (Phi) is 8.41. The number of aromatic nitrogens is 1. The number of nitrogens with one attached hydrogen (secondary N) is 3. The van der Waals surface area contributed by atoms with E-state index in [0.29, 0.717) is 19.4 Å². The normalized spacial score (nSPS) is 26.6. The van der Waals surface area contributed by atoms with Gasteiger partial charge in [-0.1, -0.05) is 32.1 Å². The average Bonchev–Trinajstić information content (AvgIpc) is 2.90. The first-order valence-corrected chi connectivity index (χ1v) is 13.1. The standard InChI is InChI=1S/C28H35N5O5/c1-16(2)25-26(35)30-17(3)27(36)33-12-6-8-23(32-33)28(37)38-18(4)21-14-20-13-19(7-5-9-24(34)31-25)10-11-22(20)29-15-21/h5,7,10-11,13-18,23,25,32H,6,8-9,12H2,1-4H3,(H,30,35)(H,31,34)/b7-5+/t17-,18?,23-,25-/m0/s1. The van der Waals surface area contributed by atoms with Gasteiger partial charge in [-0.2, -0.15) is 0 Å². The maximum atomic E-state index is 13.1. The number of cyclic esters (lactones) is 1. The Morgan fingerprint density at radius 2 is 1.87 bits per heavy atom. The highest BCUT2D eigenvalue weighted by Crippen LogP contribution is 2.23. The van der Waals surface area contributed by atoms with Crippen LogP contribution in [0.1, 0.15) is 64.2 Å². The zero-order chi connectivity index (χ0) is 27.4. The Morgan fingerprint density at radius 1 is 1.08 bits per heavy atom. The molecule has 3 N–H and O–H groups in total. The number of hydrogen-bond acceptors (Lipinski definition) is 7. The van der Waals surface area contributed by atoms with Crippen LogP contribution in [0.15, 0.2) is 36.5 Å². The summed E-state index contributed by atoms with van der Waals surface area (Å²) in [7, 11) is 0. The van der Waals surface area contributed by atoms with Crippen molar-refractivity contribution in [2.45, 2.75) is 71.2 Å².